The number of nitrogens with zero attached hydrogens (tertiary/aromatic N) is 3. The highest BCUT2D eigenvalue weighted by atomic mass is 79.9. The van der Waals surface area contributed by atoms with E-state index in [1.165, 1.54) is 11.2 Å². The average Bonchev–Trinajstić information content (AvgIpc) is 2.59. The molecular formula is C17H10BrN3O2. The summed E-state index contributed by atoms with van der Waals surface area (Å²) in [5.74, 6) is -0.602. The lowest BCUT2D eigenvalue weighted by Crippen LogP contribution is -2.39. The summed E-state index contributed by atoms with van der Waals surface area (Å²) in [5, 5.41) is 1.57. The molecule has 0 saturated carbocycles. The molecule has 0 aliphatic carbocycles. The maximum Gasteiger partial charge on any atom is 0.261 e. The Labute approximate surface area is 140 Å². The van der Waals surface area contributed by atoms with Crippen LogP contribution in [0.15, 0.2) is 53.4 Å². The first-order valence-corrected chi connectivity index (χ1v) is 7.78. The molecule has 4 rings (SSSR count). The predicted octanol–water partition coefficient (Wildman–Crippen LogP) is 3.19. The SMILES string of the molecule is O=C1c2cccc3c(Br)ccc(c23)C(=O)N1Cc1ccncn1. The summed E-state index contributed by atoms with van der Waals surface area (Å²) in [7, 11) is 0. The summed E-state index contributed by atoms with van der Waals surface area (Å²) in [6.45, 7) is 0.131. The van der Waals surface area contributed by atoms with Gasteiger partial charge in [0.25, 0.3) is 11.8 Å². The molecule has 0 spiro atoms. The molecule has 3 aromatic rings. The fourth-order valence-corrected chi connectivity index (χ4v) is 3.29. The number of carbonyl (C=O) groups excluding carboxylic acids is 2. The molecule has 1 aliphatic heterocycles. The third-order valence-electron chi connectivity index (χ3n) is 3.90. The average molecular weight is 368 g/mol. The normalized spacial score (nSPS) is 13.7. The molecule has 23 heavy (non-hydrogen) atoms. The molecule has 1 aromatic heterocycles. The van der Waals surface area contributed by atoms with Gasteiger partial charge in [0.05, 0.1) is 12.2 Å². The van der Waals surface area contributed by atoms with Crippen molar-refractivity contribution in [2.24, 2.45) is 0 Å². The first kappa shape index (κ1) is 14.0. The Morgan fingerprint density at radius 3 is 2.52 bits per heavy atom. The van der Waals surface area contributed by atoms with Crippen molar-refractivity contribution in [3.8, 4) is 0 Å². The van der Waals surface area contributed by atoms with Crippen molar-refractivity contribution in [1.29, 1.82) is 0 Å². The Morgan fingerprint density at radius 1 is 1.00 bits per heavy atom. The zero-order valence-electron chi connectivity index (χ0n) is 11.9. The Kier molecular flexibility index (Phi) is 3.20. The van der Waals surface area contributed by atoms with Gasteiger partial charge in [-0.15, -0.1) is 0 Å². The molecular weight excluding hydrogens is 358 g/mol. The van der Waals surface area contributed by atoms with E-state index in [1.807, 2.05) is 18.2 Å². The molecule has 1 aliphatic rings. The van der Waals surface area contributed by atoms with Crippen LogP contribution in [0.1, 0.15) is 26.4 Å². The minimum atomic E-state index is -0.301. The van der Waals surface area contributed by atoms with E-state index in [0.29, 0.717) is 22.2 Å². The smallest absolute Gasteiger partial charge is 0.261 e. The molecule has 0 N–H and O–H groups in total. The van der Waals surface area contributed by atoms with E-state index in [0.717, 1.165) is 9.86 Å². The van der Waals surface area contributed by atoms with Gasteiger partial charge in [-0.25, -0.2) is 9.97 Å². The zero-order valence-corrected chi connectivity index (χ0v) is 13.4. The minimum absolute atomic E-state index is 0.131. The van der Waals surface area contributed by atoms with Crippen molar-refractivity contribution in [3.63, 3.8) is 0 Å². The van der Waals surface area contributed by atoms with Gasteiger partial charge in [-0.3, -0.25) is 14.5 Å². The Balaban J connectivity index is 1.87. The van der Waals surface area contributed by atoms with E-state index >= 15 is 0 Å². The number of halogens is 1. The summed E-state index contributed by atoms with van der Waals surface area (Å²) in [5.41, 5.74) is 1.69. The fraction of sp³-hybridized carbons (Fsp3) is 0.0588. The van der Waals surface area contributed by atoms with Crippen LogP contribution in [0.2, 0.25) is 0 Å². The van der Waals surface area contributed by atoms with Gasteiger partial charge < -0.3 is 0 Å². The van der Waals surface area contributed by atoms with Crippen LogP contribution < -0.4 is 0 Å². The van der Waals surface area contributed by atoms with Gasteiger partial charge in [0.15, 0.2) is 0 Å². The monoisotopic (exact) mass is 367 g/mol. The molecule has 0 saturated heterocycles. The summed E-state index contributed by atoms with van der Waals surface area (Å²) in [4.78, 5) is 34.7. The number of imide groups is 1. The number of hydrogen-bond donors (Lipinski definition) is 0. The molecule has 2 aromatic carbocycles. The van der Waals surface area contributed by atoms with E-state index in [4.69, 9.17) is 0 Å². The summed E-state index contributed by atoms with van der Waals surface area (Å²) in [6, 6.07) is 10.7. The molecule has 0 radical (unpaired) electrons. The molecule has 2 heterocycles. The van der Waals surface area contributed by atoms with E-state index in [2.05, 4.69) is 25.9 Å². The van der Waals surface area contributed by atoms with Crippen LogP contribution in [0.3, 0.4) is 0 Å². The van der Waals surface area contributed by atoms with Crippen molar-refractivity contribution in [1.82, 2.24) is 14.9 Å². The molecule has 0 unspecified atom stereocenters. The molecule has 5 nitrogen and oxygen atoms in total. The standard InChI is InChI=1S/C17H10BrN3O2/c18-14-5-4-13-15-11(14)2-1-3-12(15)16(22)21(17(13)23)8-10-6-7-19-9-20-10/h1-7,9H,8H2. The van der Waals surface area contributed by atoms with Crippen LogP contribution >= 0.6 is 15.9 Å². The van der Waals surface area contributed by atoms with Crippen LogP contribution in [-0.4, -0.2) is 26.7 Å². The van der Waals surface area contributed by atoms with E-state index < -0.39 is 0 Å². The van der Waals surface area contributed by atoms with Crippen molar-refractivity contribution in [2.75, 3.05) is 0 Å². The van der Waals surface area contributed by atoms with Crippen molar-refractivity contribution in [2.45, 2.75) is 6.54 Å². The number of hydrogen-bond acceptors (Lipinski definition) is 4. The first-order valence-electron chi connectivity index (χ1n) is 6.99. The van der Waals surface area contributed by atoms with Gasteiger partial charge in [-0.05, 0) is 29.7 Å². The van der Waals surface area contributed by atoms with Crippen LogP contribution in [0.5, 0.6) is 0 Å². The first-order chi connectivity index (χ1) is 11.2. The van der Waals surface area contributed by atoms with Crippen LogP contribution in [-0.2, 0) is 6.54 Å². The van der Waals surface area contributed by atoms with Crippen molar-refractivity contribution >= 4 is 38.5 Å². The van der Waals surface area contributed by atoms with E-state index in [9.17, 15) is 9.59 Å². The number of rotatable bonds is 2. The summed E-state index contributed by atoms with van der Waals surface area (Å²) < 4.78 is 0.864. The highest BCUT2D eigenvalue weighted by molar-refractivity contribution is 9.10. The fourth-order valence-electron chi connectivity index (χ4n) is 2.83. The number of carbonyl (C=O) groups is 2. The van der Waals surface area contributed by atoms with Gasteiger partial charge in [0.1, 0.15) is 6.33 Å². The second kappa shape index (κ2) is 5.24. The topological polar surface area (TPSA) is 63.2 Å². The third kappa shape index (κ3) is 2.14. The highest BCUT2D eigenvalue weighted by Gasteiger charge is 2.33. The quantitative estimate of drug-likeness (QED) is 0.652. The summed E-state index contributed by atoms with van der Waals surface area (Å²) in [6.07, 6.45) is 2.99. The number of aromatic nitrogens is 2. The van der Waals surface area contributed by atoms with Crippen LogP contribution in [0.4, 0.5) is 0 Å². The molecule has 0 bridgehead atoms. The minimum Gasteiger partial charge on any atom is -0.269 e. The lowest BCUT2D eigenvalue weighted by Gasteiger charge is -2.27. The van der Waals surface area contributed by atoms with Crippen molar-refractivity contribution < 1.29 is 9.59 Å². The Morgan fingerprint density at radius 2 is 1.78 bits per heavy atom. The zero-order chi connectivity index (χ0) is 16.0. The van der Waals surface area contributed by atoms with Gasteiger partial charge >= 0.3 is 0 Å². The van der Waals surface area contributed by atoms with Crippen LogP contribution in [0, 0.1) is 0 Å². The van der Waals surface area contributed by atoms with E-state index in [1.54, 1.807) is 24.4 Å². The molecule has 0 atom stereocenters. The van der Waals surface area contributed by atoms with Crippen LogP contribution in [0.25, 0.3) is 10.8 Å². The van der Waals surface area contributed by atoms with Gasteiger partial charge in [-0.1, -0.05) is 28.1 Å². The van der Waals surface area contributed by atoms with Gasteiger partial charge in [0.2, 0.25) is 0 Å². The Hall–Kier alpha value is -2.60. The highest BCUT2D eigenvalue weighted by Crippen LogP contribution is 2.34. The molecule has 112 valence electrons. The molecule has 0 fully saturated rings. The number of benzene rings is 2. The molecule has 2 amide bonds. The van der Waals surface area contributed by atoms with Crippen molar-refractivity contribution in [3.05, 3.63) is 70.2 Å². The van der Waals surface area contributed by atoms with E-state index in [-0.39, 0.29) is 18.4 Å². The lowest BCUT2D eigenvalue weighted by atomic mass is 9.94. The largest absolute Gasteiger partial charge is 0.269 e. The second-order valence-corrected chi connectivity index (χ2v) is 6.07. The summed E-state index contributed by atoms with van der Waals surface area (Å²) >= 11 is 3.47. The second-order valence-electron chi connectivity index (χ2n) is 5.22. The predicted molar refractivity (Wildman–Crippen MR) is 87.9 cm³/mol. The maximum atomic E-state index is 12.8. The van der Waals surface area contributed by atoms with Gasteiger partial charge in [0, 0.05) is 27.2 Å². The lowest BCUT2D eigenvalue weighted by molar-refractivity contribution is 0.0596. The Bertz CT molecular complexity index is 934. The number of amides is 2. The third-order valence-corrected chi connectivity index (χ3v) is 4.59. The molecule has 6 heteroatoms. The maximum absolute atomic E-state index is 12.8. The van der Waals surface area contributed by atoms with Gasteiger partial charge in [-0.2, -0.15) is 0 Å².